The summed E-state index contributed by atoms with van der Waals surface area (Å²) in [5, 5.41) is 5.82. The van der Waals surface area contributed by atoms with Crippen LogP contribution in [0.1, 0.15) is 28.0 Å². The molecule has 9 heteroatoms. The average Bonchev–Trinajstić information content (AvgIpc) is 3.13. The Morgan fingerprint density at radius 3 is 2.48 bits per heavy atom. The topological polar surface area (TPSA) is 65.8 Å². The molecule has 0 unspecified atom stereocenters. The predicted octanol–water partition coefficient (Wildman–Crippen LogP) is 2.53. The number of nitrogens with one attached hydrogen (secondary N) is 1. The van der Waals surface area contributed by atoms with Gasteiger partial charge in [0, 0.05) is 31.7 Å². The van der Waals surface area contributed by atoms with Crippen molar-refractivity contribution in [3.05, 3.63) is 53.3 Å². The van der Waals surface area contributed by atoms with Crippen LogP contribution in [0, 0.1) is 6.92 Å². The Hall–Kier alpha value is -2.91. The molecular formula is C20H22F2N6O. The first-order valence-electron chi connectivity index (χ1n) is 9.40. The number of amides is 1. The van der Waals surface area contributed by atoms with Crippen LogP contribution < -0.4 is 5.43 Å². The number of aryl methyl sites for hydroxylation is 1. The van der Waals surface area contributed by atoms with Gasteiger partial charge < -0.3 is 4.90 Å². The lowest BCUT2D eigenvalue weighted by Gasteiger charge is -2.32. The Balaban J connectivity index is 1.71. The van der Waals surface area contributed by atoms with Gasteiger partial charge in [0.25, 0.3) is 12.3 Å². The molecule has 152 valence electrons. The summed E-state index contributed by atoms with van der Waals surface area (Å²) in [6.07, 6.45) is -1.46. The lowest BCUT2D eigenvalue weighted by molar-refractivity contribution is 0.0664. The third-order valence-corrected chi connectivity index (χ3v) is 5.08. The van der Waals surface area contributed by atoms with Crippen LogP contribution in [0.15, 0.2) is 36.5 Å². The van der Waals surface area contributed by atoms with E-state index in [1.165, 1.54) is 12.3 Å². The molecule has 2 aromatic heterocycles. The number of carbonyl (C=O) groups excluding carboxylic acids is 1. The molecule has 1 aliphatic heterocycles. The number of rotatable bonds is 4. The quantitative estimate of drug-likeness (QED) is 0.729. The summed E-state index contributed by atoms with van der Waals surface area (Å²) >= 11 is 0. The molecule has 1 N–H and O–H groups in total. The molecule has 1 aromatic carbocycles. The zero-order chi connectivity index (χ0) is 20.5. The van der Waals surface area contributed by atoms with Gasteiger partial charge >= 0.3 is 0 Å². The number of alkyl halides is 2. The standard InChI is InChI=1S/C20H22F2N6O/c1-13-3-5-14(6-4-13)16-11-17(18(21)22)28-19(24-16)15(12-23-28)20(29)25-27-9-7-26(2)8-10-27/h3-6,11-12,18H,7-10H2,1-2H3,(H,25,29). The van der Waals surface area contributed by atoms with Crippen molar-refractivity contribution in [3.63, 3.8) is 0 Å². The molecule has 29 heavy (non-hydrogen) atoms. The maximum absolute atomic E-state index is 13.7. The number of halogens is 2. The normalized spacial score (nSPS) is 15.9. The molecule has 1 saturated heterocycles. The van der Waals surface area contributed by atoms with Crippen LogP contribution in [0.2, 0.25) is 0 Å². The third-order valence-electron chi connectivity index (χ3n) is 5.08. The van der Waals surface area contributed by atoms with Gasteiger partial charge in [-0.3, -0.25) is 10.2 Å². The van der Waals surface area contributed by atoms with Crippen LogP contribution >= 0.6 is 0 Å². The fourth-order valence-electron chi connectivity index (χ4n) is 3.30. The van der Waals surface area contributed by atoms with Crippen molar-refractivity contribution < 1.29 is 13.6 Å². The van der Waals surface area contributed by atoms with Gasteiger partial charge in [0.1, 0.15) is 11.3 Å². The van der Waals surface area contributed by atoms with Crippen molar-refractivity contribution in [2.24, 2.45) is 0 Å². The van der Waals surface area contributed by atoms with E-state index in [9.17, 15) is 13.6 Å². The molecule has 0 saturated carbocycles. The van der Waals surface area contributed by atoms with Crippen LogP contribution in [0.25, 0.3) is 16.9 Å². The third kappa shape index (κ3) is 3.96. The fourth-order valence-corrected chi connectivity index (χ4v) is 3.30. The summed E-state index contributed by atoms with van der Waals surface area (Å²) in [6, 6.07) is 8.74. The van der Waals surface area contributed by atoms with Gasteiger partial charge in [0.2, 0.25) is 0 Å². The average molecular weight is 400 g/mol. The molecule has 0 aliphatic carbocycles. The van der Waals surface area contributed by atoms with E-state index in [-0.39, 0.29) is 16.9 Å². The minimum absolute atomic E-state index is 0.116. The van der Waals surface area contributed by atoms with Crippen LogP contribution in [0.3, 0.4) is 0 Å². The van der Waals surface area contributed by atoms with E-state index < -0.39 is 12.3 Å². The molecule has 1 amide bonds. The van der Waals surface area contributed by atoms with E-state index in [0.717, 1.165) is 23.2 Å². The maximum atomic E-state index is 13.7. The molecule has 1 fully saturated rings. The number of benzene rings is 1. The highest BCUT2D eigenvalue weighted by Crippen LogP contribution is 2.27. The van der Waals surface area contributed by atoms with Gasteiger partial charge in [0.15, 0.2) is 5.65 Å². The predicted molar refractivity (Wildman–Crippen MR) is 105 cm³/mol. The molecule has 3 heterocycles. The molecule has 0 atom stereocenters. The van der Waals surface area contributed by atoms with E-state index in [0.29, 0.717) is 24.3 Å². The van der Waals surface area contributed by atoms with E-state index in [1.807, 2.05) is 43.2 Å². The number of nitrogens with zero attached hydrogens (tertiary/aromatic N) is 5. The van der Waals surface area contributed by atoms with Crippen LogP contribution in [-0.2, 0) is 0 Å². The highest BCUT2D eigenvalue weighted by Gasteiger charge is 2.23. The van der Waals surface area contributed by atoms with Gasteiger partial charge in [-0.1, -0.05) is 29.8 Å². The molecule has 0 radical (unpaired) electrons. The van der Waals surface area contributed by atoms with Crippen molar-refractivity contribution in [1.29, 1.82) is 0 Å². The number of hydrogen-bond acceptors (Lipinski definition) is 5. The second kappa shape index (κ2) is 7.84. The molecule has 7 nitrogen and oxygen atoms in total. The van der Waals surface area contributed by atoms with E-state index in [2.05, 4.69) is 20.4 Å². The van der Waals surface area contributed by atoms with E-state index in [4.69, 9.17) is 0 Å². The Labute approximate surface area is 166 Å². The maximum Gasteiger partial charge on any atom is 0.280 e. The summed E-state index contributed by atoms with van der Waals surface area (Å²) in [7, 11) is 2.02. The van der Waals surface area contributed by atoms with Crippen LogP contribution in [0.5, 0.6) is 0 Å². The number of fused-ring (bicyclic) bond motifs is 1. The van der Waals surface area contributed by atoms with E-state index >= 15 is 0 Å². The van der Waals surface area contributed by atoms with Gasteiger partial charge in [-0.05, 0) is 20.0 Å². The molecule has 0 spiro atoms. The summed E-state index contributed by atoms with van der Waals surface area (Å²) in [5.41, 5.74) is 4.95. The first kappa shape index (κ1) is 19.4. The molecule has 1 aliphatic rings. The fraction of sp³-hybridized carbons (Fsp3) is 0.350. The van der Waals surface area contributed by atoms with Crippen molar-refractivity contribution in [2.45, 2.75) is 13.3 Å². The largest absolute Gasteiger partial charge is 0.304 e. The lowest BCUT2D eigenvalue weighted by Crippen LogP contribution is -2.52. The molecule has 3 aromatic rings. The van der Waals surface area contributed by atoms with Crippen molar-refractivity contribution in [2.75, 3.05) is 33.2 Å². The van der Waals surface area contributed by atoms with Crippen molar-refractivity contribution in [3.8, 4) is 11.3 Å². The van der Waals surface area contributed by atoms with Gasteiger partial charge in [-0.2, -0.15) is 5.10 Å². The Morgan fingerprint density at radius 1 is 1.14 bits per heavy atom. The Kier molecular flexibility index (Phi) is 5.25. The van der Waals surface area contributed by atoms with Gasteiger partial charge in [-0.25, -0.2) is 23.3 Å². The van der Waals surface area contributed by atoms with Crippen LogP contribution in [0.4, 0.5) is 8.78 Å². The number of carbonyl (C=O) groups is 1. The minimum atomic E-state index is -2.75. The monoisotopic (exact) mass is 400 g/mol. The highest BCUT2D eigenvalue weighted by atomic mass is 19.3. The second-order valence-corrected chi connectivity index (χ2v) is 7.26. The zero-order valence-corrected chi connectivity index (χ0v) is 16.3. The number of aromatic nitrogens is 3. The number of hydrogen-bond donors (Lipinski definition) is 1. The second-order valence-electron chi connectivity index (χ2n) is 7.26. The Morgan fingerprint density at radius 2 is 1.83 bits per heavy atom. The van der Waals surface area contributed by atoms with Gasteiger partial charge in [0.05, 0.1) is 11.9 Å². The summed E-state index contributed by atoms with van der Waals surface area (Å²) in [6.45, 7) is 4.99. The summed E-state index contributed by atoms with van der Waals surface area (Å²) in [4.78, 5) is 19.4. The Bertz CT molecular complexity index is 1030. The number of piperazine rings is 1. The summed E-state index contributed by atoms with van der Waals surface area (Å²) < 4.78 is 28.4. The molecular weight excluding hydrogens is 378 g/mol. The first-order chi connectivity index (χ1) is 13.9. The van der Waals surface area contributed by atoms with Crippen molar-refractivity contribution >= 4 is 11.6 Å². The number of hydrazine groups is 1. The van der Waals surface area contributed by atoms with Gasteiger partial charge in [-0.15, -0.1) is 0 Å². The van der Waals surface area contributed by atoms with E-state index in [1.54, 1.807) is 0 Å². The number of likely N-dealkylation sites (N-methyl/N-ethyl adjacent to an activating group) is 1. The highest BCUT2D eigenvalue weighted by molar-refractivity contribution is 5.99. The first-order valence-corrected chi connectivity index (χ1v) is 9.40. The minimum Gasteiger partial charge on any atom is -0.304 e. The molecule has 0 bridgehead atoms. The lowest BCUT2D eigenvalue weighted by atomic mass is 10.1. The van der Waals surface area contributed by atoms with Crippen molar-refractivity contribution in [1.82, 2.24) is 29.9 Å². The van der Waals surface area contributed by atoms with Crippen LogP contribution in [-0.4, -0.2) is 63.6 Å². The molecule has 4 rings (SSSR count). The zero-order valence-electron chi connectivity index (χ0n) is 16.3. The summed E-state index contributed by atoms with van der Waals surface area (Å²) in [5.74, 6) is -0.404. The smallest absolute Gasteiger partial charge is 0.280 e. The SMILES string of the molecule is Cc1ccc(-c2cc(C(F)F)n3ncc(C(=O)NN4CCN(C)CC4)c3n2)cc1.